The van der Waals surface area contributed by atoms with Gasteiger partial charge in [-0.05, 0) is 29.8 Å². The Morgan fingerprint density at radius 1 is 1.14 bits per heavy atom. The molecule has 4 rings (SSSR count). The Hall–Kier alpha value is -2.11. The van der Waals surface area contributed by atoms with Crippen LogP contribution in [-0.2, 0) is 0 Å². The number of amidine groups is 1. The average molecular weight is 329 g/mol. The van der Waals surface area contributed by atoms with Gasteiger partial charge < -0.3 is 5.73 Å². The summed E-state index contributed by atoms with van der Waals surface area (Å²) in [7, 11) is 0. The summed E-state index contributed by atoms with van der Waals surface area (Å²) in [5.41, 5.74) is 8.09. The van der Waals surface area contributed by atoms with Gasteiger partial charge in [0.15, 0.2) is 0 Å². The van der Waals surface area contributed by atoms with E-state index in [1.54, 1.807) is 11.3 Å². The van der Waals surface area contributed by atoms with Gasteiger partial charge in [-0.1, -0.05) is 47.2 Å². The van der Waals surface area contributed by atoms with E-state index in [9.17, 15) is 0 Å². The summed E-state index contributed by atoms with van der Waals surface area (Å²) in [5.74, 6) is 0.624. The SMILES string of the molecule is NC1=NN(c2nc3ccccc3s2)C(c2ccc(Cl)cc2)C1. The number of hydrazone groups is 1. The summed E-state index contributed by atoms with van der Waals surface area (Å²) in [6, 6.07) is 16.0. The number of thiazole rings is 1. The van der Waals surface area contributed by atoms with Crippen LogP contribution in [0.2, 0.25) is 5.02 Å². The number of fused-ring (bicyclic) bond motifs is 1. The van der Waals surface area contributed by atoms with Gasteiger partial charge in [0.05, 0.1) is 16.3 Å². The number of rotatable bonds is 2. The number of benzene rings is 2. The number of anilines is 1. The lowest BCUT2D eigenvalue weighted by molar-refractivity contribution is 0.707. The fourth-order valence-electron chi connectivity index (χ4n) is 2.61. The zero-order valence-electron chi connectivity index (χ0n) is 11.6. The van der Waals surface area contributed by atoms with Gasteiger partial charge in [0.1, 0.15) is 5.84 Å². The minimum atomic E-state index is 0.0674. The Labute approximate surface area is 136 Å². The first kappa shape index (κ1) is 13.5. The highest BCUT2D eigenvalue weighted by Crippen LogP contribution is 2.38. The molecule has 0 amide bonds. The van der Waals surface area contributed by atoms with Crippen LogP contribution in [0, 0.1) is 0 Å². The van der Waals surface area contributed by atoms with Gasteiger partial charge in [-0.25, -0.2) is 9.99 Å². The van der Waals surface area contributed by atoms with Crippen LogP contribution in [0.5, 0.6) is 0 Å². The minimum Gasteiger partial charge on any atom is -0.386 e. The van der Waals surface area contributed by atoms with Crippen LogP contribution in [0.4, 0.5) is 5.13 Å². The van der Waals surface area contributed by atoms with Gasteiger partial charge in [0.25, 0.3) is 0 Å². The van der Waals surface area contributed by atoms with Crippen LogP contribution >= 0.6 is 22.9 Å². The normalized spacial score (nSPS) is 18.0. The summed E-state index contributed by atoms with van der Waals surface area (Å²) >= 11 is 7.60. The molecule has 2 aromatic carbocycles. The quantitative estimate of drug-likeness (QED) is 0.768. The maximum Gasteiger partial charge on any atom is 0.207 e. The topological polar surface area (TPSA) is 54.5 Å². The Morgan fingerprint density at radius 2 is 1.91 bits per heavy atom. The summed E-state index contributed by atoms with van der Waals surface area (Å²) in [6.07, 6.45) is 0.692. The molecule has 0 aliphatic carbocycles. The summed E-state index contributed by atoms with van der Waals surface area (Å²) in [5, 5.41) is 7.98. The number of hydrogen-bond acceptors (Lipinski definition) is 5. The van der Waals surface area contributed by atoms with Crippen molar-refractivity contribution in [2.24, 2.45) is 10.8 Å². The molecular formula is C16H13ClN4S. The van der Waals surface area contributed by atoms with Crippen LogP contribution < -0.4 is 10.7 Å². The molecule has 0 radical (unpaired) electrons. The smallest absolute Gasteiger partial charge is 0.207 e. The molecule has 0 spiro atoms. The van der Waals surface area contributed by atoms with Gasteiger partial charge in [-0.3, -0.25) is 0 Å². The molecule has 1 aromatic heterocycles. The summed E-state index contributed by atoms with van der Waals surface area (Å²) in [4.78, 5) is 4.68. The van der Waals surface area contributed by atoms with Gasteiger partial charge in [0.2, 0.25) is 5.13 Å². The highest BCUT2D eigenvalue weighted by molar-refractivity contribution is 7.22. The molecule has 0 fully saturated rings. The Kier molecular flexibility index (Phi) is 3.24. The fraction of sp³-hybridized carbons (Fsp3) is 0.125. The van der Waals surface area contributed by atoms with Gasteiger partial charge in [0, 0.05) is 11.4 Å². The number of halogens is 1. The first-order chi connectivity index (χ1) is 10.7. The molecule has 1 aliphatic heterocycles. The number of nitrogens with two attached hydrogens (primary N) is 1. The van der Waals surface area contributed by atoms with E-state index in [-0.39, 0.29) is 6.04 Å². The third-order valence-corrected chi connectivity index (χ3v) is 4.95. The average Bonchev–Trinajstić information content (AvgIpc) is 3.11. The third kappa shape index (κ3) is 2.32. The van der Waals surface area contributed by atoms with Crippen molar-refractivity contribution in [1.82, 2.24) is 4.98 Å². The maximum absolute atomic E-state index is 5.98. The fourth-order valence-corrected chi connectivity index (χ4v) is 3.70. The number of aromatic nitrogens is 1. The zero-order valence-corrected chi connectivity index (χ0v) is 13.2. The highest BCUT2D eigenvalue weighted by atomic mass is 35.5. The molecular weight excluding hydrogens is 316 g/mol. The molecule has 3 aromatic rings. The highest BCUT2D eigenvalue weighted by Gasteiger charge is 2.30. The van der Waals surface area contributed by atoms with Gasteiger partial charge >= 0.3 is 0 Å². The lowest BCUT2D eigenvalue weighted by Crippen LogP contribution is -2.18. The Balaban J connectivity index is 1.75. The lowest BCUT2D eigenvalue weighted by Gasteiger charge is -2.20. The lowest BCUT2D eigenvalue weighted by atomic mass is 10.0. The molecule has 1 unspecified atom stereocenters. The number of para-hydroxylation sites is 1. The Bertz CT molecular complexity index is 823. The second-order valence-electron chi connectivity index (χ2n) is 5.17. The Morgan fingerprint density at radius 3 is 2.68 bits per heavy atom. The maximum atomic E-state index is 5.98. The van der Waals surface area contributed by atoms with Crippen molar-refractivity contribution in [3.05, 3.63) is 59.1 Å². The van der Waals surface area contributed by atoms with E-state index < -0.39 is 0 Å². The monoisotopic (exact) mass is 328 g/mol. The molecule has 2 N–H and O–H groups in total. The summed E-state index contributed by atoms with van der Waals surface area (Å²) in [6.45, 7) is 0. The molecule has 0 bridgehead atoms. The zero-order chi connectivity index (χ0) is 15.1. The summed E-state index contributed by atoms with van der Waals surface area (Å²) < 4.78 is 1.15. The van der Waals surface area contributed by atoms with E-state index >= 15 is 0 Å². The van der Waals surface area contributed by atoms with Gasteiger partial charge in [-0.15, -0.1) is 0 Å². The van der Waals surface area contributed by atoms with Crippen LogP contribution in [0.25, 0.3) is 10.2 Å². The number of hydrogen-bond donors (Lipinski definition) is 1. The molecule has 22 heavy (non-hydrogen) atoms. The van der Waals surface area contributed by atoms with Crippen molar-refractivity contribution >= 4 is 44.1 Å². The van der Waals surface area contributed by atoms with Crippen LogP contribution in [0.15, 0.2) is 53.6 Å². The van der Waals surface area contributed by atoms with Crippen molar-refractivity contribution in [2.45, 2.75) is 12.5 Å². The first-order valence-electron chi connectivity index (χ1n) is 6.94. The molecule has 0 saturated heterocycles. The van der Waals surface area contributed by atoms with Crippen molar-refractivity contribution in [1.29, 1.82) is 0 Å². The van der Waals surface area contributed by atoms with Crippen LogP contribution in [-0.4, -0.2) is 10.8 Å². The van der Waals surface area contributed by atoms with Crippen molar-refractivity contribution in [3.63, 3.8) is 0 Å². The van der Waals surface area contributed by atoms with E-state index in [0.29, 0.717) is 12.3 Å². The van der Waals surface area contributed by atoms with Gasteiger partial charge in [-0.2, -0.15) is 5.10 Å². The predicted octanol–water partition coefficient (Wildman–Crippen LogP) is 4.17. The molecule has 0 saturated carbocycles. The van der Waals surface area contributed by atoms with E-state index in [2.05, 4.69) is 16.2 Å². The molecule has 4 nitrogen and oxygen atoms in total. The molecule has 1 aliphatic rings. The molecule has 2 heterocycles. The van der Waals surface area contributed by atoms with Crippen molar-refractivity contribution < 1.29 is 0 Å². The van der Waals surface area contributed by atoms with E-state index in [1.165, 1.54) is 0 Å². The van der Waals surface area contributed by atoms with Crippen LogP contribution in [0.3, 0.4) is 0 Å². The molecule has 6 heteroatoms. The first-order valence-corrected chi connectivity index (χ1v) is 8.13. The predicted molar refractivity (Wildman–Crippen MR) is 92.5 cm³/mol. The third-order valence-electron chi connectivity index (χ3n) is 3.67. The van der Waals surface area contributed by atoms with Crippen molar-refractivity contribution in [2.75, 3.05) is 5.01 Å². The second kappa shape index (κ2) is 5.26. The molecule has 110 valence electrons. The minimum absolute atomic E-state index is 0.0674. The standard InChI is InChI=1S/C16H13ClN4S/c17-11-7-5-10(6-8-11)13-9-15(18)20-21(13)16-19-12-3-1-2-4-14(12)22-16/h1-8,13H,9H2,(H2,18,20). The van der Waals surface area contributed by atoms with E-state index in [1.807, 2.05) is 47.5 Å². The second-order valence-corrected chi connectivity index (χ2v) is 6.62. The number of nitrogens with zero attached hydrogens (tertiary/aromatic N) is 3. The van der Waals surface area contributed by atoms with Crippen molar-refractivity contribution in [3.8, 4) is 0 Å². The van der Waals surface area contributed by atoms with E-state index in [0.717, 1.165) is 25.9 Å². The molecule has 1 atom stereocenters. The van der Waals surface area contributed by atoms with Crippen LogP contribution in [0.1, 0.15) is 18.0 Å². The largest absolute Gasteiger partial charge is 0.386 e. The van der Waals surface area contributed by atoms with E-state index in [4.69, 9.17) is 17.3 Å².